The number of aliphatic hydroxyl groups excluding tert-OH is 1. The lowest BCUT2D eigenvalue weighted by Gasteiger charge is -2.09. The van der Waals surface area contributed by atoms with Crippen molar-refractivity contribution in [3.8, 4) is 0 Å². The molecule has 3 nitrogen and oxygen atoms in total. The van der Waals surface area contributed by atoms with E-state index in [2.05, 4.69) is 17.9 Å². The number of thiol groups is 1. The van der Waals surface area contributed by atoms with Crippen molar-refractivity contribution in [2.75, 3.05) is 13.2 Å². The number of benzene rings is 1. The lowest BCUT2D eigenvalue weighted by atomic mass is 10.1. The first-order valence-corrected chi connectivity index (χ1v) is 6.27. The topological polar surface area (TPSA) is 49.3 Å². The summed E-state index contributed by atoms with van der Waals surface area (Å²) in [6.07, 6.45) is 1.79. The van der Waals surface area contributed by atoms with Gasteiger partial charge in [0.2, 0.25) is 0 Å². The minimum Gasteiger partial charge on any atom is -0.396 e. The fourth-order valence-electron chi connectivity index (χ4n) is 1.50. The maximum Gasteiger partial charge on any atom is 0.252 e. The minimum absolute atomic E-state index is 0.0905. The molecular weight excluding hydrogens is 234 g/mol. The molecule has 1 rings (SSSR count). The highest BCUT2D eigenvalue weighted by Gasteiger charge is 2.07. The molecule has 1 amide bonds. The molecule has 0 aliphatic carbocycles. The molecule has 94 valence electrons. The summed E-state index contributed by atoms with van der Waals surface area (Å²) in [4.78, 5) is 12.5. The number of nitrogens with one attached hydrogen (secondary N) is 1. The molecule has 1 unspecified atom stereocenters. The predicted molar refractivity (Wildman–Crippen MR) is 71.5 cm³/mol. The molecule has 0 bridgehead atoms. The zero-order valence-electron chi connectivity index (χ0n) is 10.0. The Morgan fingerprint density at radius 2 is 2.18 bits per heavy atom. The summed E-state index contributed by atoms with van der Waals surface area (Å²) in [6.45, 7) is 2.82. The van der Waals surface area contributed by atoms with Gasteiger partial charge < -0.3 is 10.4 Å². The van der Waals surface area contributed by atoms with Gasteiger partial charge in [-0.2, -0.15) is 0 Å². The van der Waals surface area contributed by atoms with Gasteiger partial charge in [0.1, 0.15) is 0 Å². The maximum atomic E-state index is 11.8. The molecule has 0 fully saturated rings. The van der Waals surface area contributed by atoms with Crippen LogP contribution in [0.4, 0.5) is 0 Å². The van der Waals surface area contributed by atoms with E-state index in [9.17, 15) is 4.79 Å². The summed E-state index contributed by atoms with van der Waals surface area (Å²) in [7, 11) is 0. The second-order valence-electron chi connectivity index (χ2n) is 4.20. The van der Waals surface area contributed by atoms with Gasteiger partial charge in [-0.1, -0.05) is 19.1 Å². The summed E-state index contributed by atoms with van der Waals surface area (Å²) in [6, 6.07) is 7.23. The molecule has 1 aromatic carbocycles. The fraction of sp³-hybridized carbons (Fsp3) is 0.462. The lowest BCUT2D eigenvalue weighted by Crippen LogP contribution is -2.25. The van der Waals surface area contributed by atoms with E-state index < -0.39 is 0 Å². The van der Waals surface area contributed by atoms with Gasteiger partial charge in [0, 0.05) is 18.0 Å². The van der Waals surface area contributed by atoms with Crippen molar-refractivity contribution >= 4 is 18.5 Å². The highest BCUT2D eigenvalue weighted by molar-refractivity contribution is 7.80. The van der Waals surface area contributed by atoms with Gasteiger partial charge in [-0.25, -0.2) is 0 Å². The zero-order chi connectivity index (χ0) is 12.7. The standard InChI is InChI=1S/C13H19NO2S/c1-10(9-15)5-4-8-14-13(16)11-6-2-3-7-12(11)17/h2-3,6-7,10,15,17H,4-5,8-9H2,1H3,(H,14,16). The number of amides is 1. The SMILES string of the molecule is CC(CO)CCCNC(=O)c1ccccc1S. The lowest BCUT2D eigenvalue weighted by molar-refractivity contribution is 0.0949. The molecule has 0 spiro atoms. The van der Waals surface area contributed by atoms with Gasteiger partial charge >= 0.3 is 0 Å². The molecule has 0 aliphatic heterocycles. The molecule has 0 heterocycles. The van der Waals surface area contributed by atoms with Gasteiger partial charge in [0.05, 0.1) is 5.56 Å². The van der Waals surface area contributed by atoms with Crippen molar-refractivity contribution < 1.29 is 9.90 Å². The Morgan fingerprint density at radius 3 is 2.82 bits per heavy atom. The van der Waals surface area contributed by atoms with Gasteiger partial charge in [-0.15, -0.1) is 12.6 Å². The van der Waals surface area contributed by atoms with E-state index in [0.717, 1.165) is 12.8 Å². The summed E-state index contributed by atoms with van der Waals surface area (Å²) in [5, 5.41) is 11.7. The summed E-state index contributed by atoms with van der Waals surface area (Å²) in [5.41, 5.74) is 0.603. The molecule has 0 saturated heterocycles. The van der Waals surface area contributed by atoms with Crippen LogP contribution >= 0.6 is 12.6 Å². The molecular formula is C13H19NO2S. The van der Waals surface area contributed by atoms with Crippen LogP contribution in [0.3, 0.4) is 0 Å². The van der Waals surface area contributed by atoms with Crippen LogP contribution in [0.5, 0.6) is 0 Å². The van der Waals surface area contributed by atoms with Gasteiger partial charge in [-0.3, -0.25) is 4.79 Å². The van der Waals surface area contributed by atoms with Crippen LogP contribution in [-0.2, 0) is 0 Å². The normalized spacial score (nSPS) is 12.2. The third kappa shape index (κ3) is 4.79. The Kier molecular flexibility index (Phi) is 6.08. The van der Waals surface area contributed by atoms with E-state index >= 15 is 0 Å². The molecule has 0 saturated carbocycles. The van der Waals surface area contributed by atoms with Crippen LogP contribution in [0.15, 0.2) is 29.2 Å². The van der Waals surface area contributed by atoms with Crippen LogP contribution < -0.4 is 5.32 Å². The Hall–Kier alpha value is -1.00. The zero-order valence-corrected chi connectivity index (χ0v) is 10.9. The molecule has 0 aromatic heterocycles. The third-order valence-corrected chi connectivity index (χ3v) is 3.01. The van der Waals surface area contributed by atoms with Gasteiger partial charge in [0.25, 0.3) is 5.91 Å². The van der Waals surface area contributed by atoms with Crippen LogP contribution in [0, 0.1) is 5.92 Å². The average molecular weight is 253 g/mol. The van der Waals surface area contributed by atoms with Gasteiger partial charge in [0.15, 0.2) is 0 Å². The Morgan fingerprint density at radius 1 is 1.47 bits per heavy atom. The van der Waals surface area contributed by atoms with Crippen molar-refractivity contribution in [2.24, 2.45) is 5.92 Å². The second-order valence-corrected chi connectivity index (χ2v) is 4.68. The molecule has 17 heavy (non-hydrogen) atoms. The molecule has 1 atom stereocenters. The van der Waals surface area contributed by atoms with Crippen LogP contribution in [-0.4, -0.2) is 24.2 Å². The van der Waals surface area contributed by atoms with E-state index in [4.69, 9.17) is 5.11 Å². The largest absolute Gasteiger partial charge is 0.396 e. The van der Waals surface area contributed by atoms with E-state index in [0.29, 0.717) is 22.9 Å². The number of carbonyl (C=O) groups excluding carboxylic acids is 1. The fourth-order valence-corrected chi connectivity index (χ4v) is 1.77. The highest BCUT2D eigenvalue weighted by Crippen LogP contribution is 2.12. The number of hydrogen-bond acceptors (Lipinski definition) is 3. The summed E-state index contributed by atoms with van der Waals surface area (Å²) < 4.78 is 0. The van der Waals surface area contributed by atoms with Crippen LogP contribution in [0.25, 0.3) is 0 Å². The van der Waals surface area contributed by atoms with E-state index in [-0.39, 0.29) is 12.5 Å². The first kappa shape index (κ1) is 14.1. The number of aliphatic hydroxyl groups is 1. The average Bonchev–Trinajstić information content (AvgIpc) is 2.34. The third-order valence-electron chi connectivity index (χ3n) is 2.62. The van der Waals surface area contributed by atoms with Crippen molar-refractivity contribution in [2.45, 2.75) is 24.7 Å². The number of carbonyl (C=O) groups is 1. The summed E-state index contributed by atoms with van der Waals surface area (Å²) in [5.74, 6) is 0.205. The summed E-state index contributed by atoms with van der Waals surface area (Å²) >= 11 is 4.24. The van der Waals surface area contributed by atoms with E-state index in [1.807, 2.05) is 19.1 Å². The first-order chi connectivity index (χ1) is 8.15. The monoisotopic (exact) mass is 253 g/mol. The van der Waals surface area contributed by atoms with Crippen molar-refractivity contribution in [1.29, 1.82) is 0 Å². The number of rotatable bonds is 6. The smallest absolute Gasteiger partial charge is 0.252 e. The number of hydrogen-bond donors (Lipinski definition) is 3. The molecule has 2 N–H and O–H groups in total. The molecule has 4 heteroatoms. The maximum absolute atomic E-state index is 11.8. The Balaban J connectivity index is 2.33. The minimum atomic E-state index is -0.0905. The van der Waals surface area contributed by atoms with E-state index in [1.54, 1.807) is 12.1 Å². The van der Waals surface area contributed by atoms with E-state index in [1.165, 1.54) is 0 Å². The quantitative estimate of drug-likeness (QED) is 0.537. The second kappa shape index (κ2) is 7.35. The van der Waals surface area contributed by atoms with Crippen molar-refractivity contribution in [3.63, 3.8) is 0 Å². The van der Waals surface area contributed by atoms with Crippen LogP contribution in [0.2, 0.25) is 0 Å². The van der Waals surface area contributed by atoms with Crippen LogP contribution in [0.1, 0.15) is 30.1 Å². The molecule has 0 radical (unpaired) electrons. The Bertz CT molecular complexity index is 368. The van der Waals surface area contributed by atoms with Crippen molar-refractivity contribution in [1.82, 2.24) is 5.32 Å². The molecule has 1 aromatic rings. The molecule has 0 aliphatic rings. The Labute approximate surface area is 108 Å². The highest BCUT2D eigenvalue weighted by atomic mass is 32.1. The first-order valence-electron chi connectivity index (χ1n) is 5.82. The van der Waals surface area contributed by atoms with Gasteiger partial charge in [-0.05, 0) is 30.9 Å². The van der Waals surface area contributed by atoms with Crippen molar-refractivity contribution in [3.05, 3.63) is 29.8 Å². The predicted octanol–water partition coefficient (Wildman–Crippen LogP) is 2.11.